The fourth-order valence-electron chi connectivity index (χ4n) is 2.05. The van der Waals surface area contributed by atoms with Gasteiger partial charge in [0, 0.05) is 29.5 Å². The highest BCUT2D eigenvalue weighted by molar-refractivity contribution is 6.34. The molecule has 94 valence electrons. The third kappa shape index (κ3) is 2.35. The molecule has 1 N–H and O–H groups in total. The van der Waals surface area contributed by atoms with Crippen molar-refractivity contribution < 1.29 is 0 Å². The molecule has 0 fully saturated rings. The Morgan fingerprint density at radius 2 is 1.89 bits per heavy atom. The van der Waals surface area contributed by atoms with Gasteiger partial charge in [-0.1, -0.05) is 35.9 Å². The lowest BCUT2D eigenvalue weighted by atomic mass is 10.1. The van der Waals surface area contributed by atoms with Crippen molar-refractivity contribution in [1.29, 1.82) is 0 Å². The van der Waals surface area contributed by atoms with Crippen molar-refractivity contribution >= 4 is 22.4 Å². The Morgan fingerprint density at radius 1 is 1.11 bits per heavy atom. The van der Waals surface area contributed by atoms with Crippen molar-refractivity contribution in [3.63, 3.8) is 0 Å². The molecule has 0 aliphatic rings. The maximum absolute atomic E-state index is 11.3. The van der Waals surface area contributed by atoms with E-state index in [1.54, 1.807) is 12.3 Å². The lowest BCUT2D eigenvalue weighted by Gasteiger charge is -2.05. The molecule has 0 amide bonds. The van der Waals surface area contributed by atoms with Gasteiger partial charge in [0.2, 0.25) is 5.56 Å². The average Bonchev–Trinajstić information content (AvgIpc) is 2.42. The number of hydrogen-bond donors (Lipinski definition) is 1. The molecule has 1 aromatic carbocycles. The molecule has 4 nitrogen and oxygen atoms in total. The standard InChI is InChI=1S/C14H10ClN3O/c15-14-11-4-2-1-3-10(11)12(17-18-14)7-9-5-6-16-13(19)8-9/h1-6,8H,7H2,(H,16,19). The van der Waals surface area contributed by atoms with Crippen LogP contribution in [0.2, 0.25) is 5.15 Å². The Kier molecular flexibility index (Phi) is 3.01. The third-order valence-electron chi connectivity index (χ3n) is 2.93. The minimum atomic E-state index is -0.122. The van der Waals surface area contributed by atoms with Crippen molar-refractivity contribution in [3.05, 3.63) is 69.4 Å². The maximum Gasteiger partial charge on any atom is 0.248 e. The van der Waals surface area contributed by atoms with Crippen LogP contribution in [0.3, 0.4) is 0 Å². The Morgan fingerprint density at radius 3 is 2.68 bits per heavy atom. The molecule has 0 saturated carbocycles. The molecule has 5 heteroatoms. The molecular weight excluding hydrogens is 262 g/mol. The number of hydrogen-bond acceptors (Lipinski definition) is 3. The van der Waals surface area contributed by atoms with E-state index >= 15 is 0 Å². The van der Waals surface area contributed by atoms with Crippen LogP contribution in [0, 0.1) is 0 Å². The van der Waals surface area contributed by atoms with Gasteiger partial charge < -0.3 is 4.98 Å². The number of benzene rings is 1. The molecule has 0 spiro atoms. The number of fused-ring (bicyclic) bond motifs is 1. The molecule has 0 saturated heterocycles. The summed E-state index contributed by atoms with van der Waals surface area (Å²) in [5.41, 5.74) is 1.58. The van der Waals surface area contributed by atoms with E-state index in [9.17, 15) is 4.79 Å². The summed E-state index contributed by atoms with van der Waals surface area (Å²) in [5.74, 6) is 0. The molecule has 0 aliphatic carbocycles. The van der Waals surface area contributed by atoms with E-state index in [0.29, 0.717) is 11.6 Å². The molecule has 0 aliphatic heterocycles. The topological polar surface area (TPSA) is 58.6 Å². The monoisotopic (exact) mass is 271 g/mol. The smallest absolute Gasteiger partial charge is 0.248 e. The van der Waals surface area contributed by atoms with E-state index in [4.69, 9.17) is 11.6 Å². The van der Waals surface area contributed by atoms with Crippen LogP contribution in [0.25, 0.3) is 10.8 Å². The van der Waals surface area contributed by atoms with Gasteiger partial charge in [0.15, 0.2) is 5.15 Å². The van der Waals surface area contributed by atoms with Crippen LogP contribution in [0.1, 0.15) is 11.3 Å². The van der Waals surface area contributed by atoms with Crippen LogP contribution in [0.15, 0.2) is 47.4 Å². The molecular formula is C14H10ClN3O. The Hall–Kier alpha value is -2.20. The van der Waals surface area contributed by atoms with Gasteiger partial charge in [0.25, 0.3) is 0 Å². The summed E-state index contributed by atoms with van der Waals surface area (Å²) < 4.78 is 0. The van der Waals surface area contributed by atoms with Crippen molar-refractivity contribution in [2.24, 2.45) is 0 Å². The zero-order valence-electron chi connectivity index (χ0n) is 9.93. The minimum Gasteiger partial charge on any atom is -0.329 e. The van der Waals surface area contributed by atoms with Gasteiger partial charge >= 0.3 is 0 Å². The van der Waals surface area contributed by atoms with Crippen molar-refractivity contribution in [2.45, 2.75) is 6.42 Å². The highest BCUT2D eigenvalue weighted by Crippen LogP contribution is 2.23. The Bertz CT molecular complexity index is 798. The minimum absolute atomic E-state index is 0.122. The first-order chi connectivity index (χ1) is 9.24. The molecule has 0 atom stereocenters. The summed E-state index contributed by atoms with van der Waals surface area (Å²) in [5, 5.41) is 10.3. The number of nitrogens with one attached hydrogen (secondary N) is 1. The summed E-state index contributed by atoms with van der Waals surface area (Å²) in [6.45, 7) is 0. The number of aromatic amines is 1. The normalized spacial score (nSPS) is 10.8. The second-order valence-electron chi connectivity index (χ2n) is 4.22. The molecule has 0 bridgehead atoms. The number of aromatic nitrogens is 3. The molecule has 2 heterocycles. The summed E-state index contributed by atoms with van der Waals surface area (Å²) in [4.78, 5) is 13.9. The quantitative estimate of drug-likeness (QED) is 0.779. The van der Waals surface area contributed by atoms with Gasteiger partial charge in [-0.15, -0.1) is 5.10 Å². The third-order valence-corrected chi connectivity index (χ3v) is 3.21. The first-order valence-corrected chi connectivity index (χ1v) is 6.19. The molecule has 19 heavy (non-hydrogen) atoms. The van der Waals surface area contributed by atoms with Gasteiger partial charge in [-0.2, -0.15) is 5.10 Å². The van der Waals surface area contributed by atoms with E-state index in [1.165, 1.54) is 0 Å². The summed E-state index contributed by atoms with van der Waals surface area (Å²) in [6, 6.07) is 11.1. The highest BCUT2D eigenvalue weighted by Gasteiger charge is 2.08. The molecule has 0 unspecified atom stereocenters. The number of nitrogens with zero attached hydrogens (tertiary/aromatic N) is 2. The number of rotatable bonds is 2. The number of pyridine rings is 1. The summed E-state index contributed by atoms with van der Waals surface area (Å²) in [6.07, 6.45) is 2.18. The van der Waals surface area contributed by atoms with Crippen LogP contribution in [-0.2, 0) is 6.42 Å². The highest BCUT2D eigenvalue weighted by atomic mass is 35.5. The van der Waals surface area contributed by atoms with E-state index in [-0.39, 0.29) is 5.56 Å². The second-order valence-corrected chi connectivity index (χ2v) is 4.58. The summed E-state index contributed by atoms with van der Waals surface area (Å²) in [7, 11) is 0. The first-order valence-electron chi connectivity index (χ1n) is 5.81. The number of H-pyrrole nitrogens is 1. The zero-order chi connectivity index (χ0) is 13.2. The fraction of sp³-hybridized carbons (Fsp3) is 0.0714. The maximum atomic E-state index is 11.3. The average molecular weight is 272 g/mol. The fourth-order valence-corrected chi connectivity index (χ4v) is 2.25. The largest absolute Gasteiger partial charge is 0.329 e. The van der Waals surface area contributed by atoms with Gasteiger partial charge in [0.05, 0.1) is 5.69 Å². The van der Waals surface area contributed by atoms with Crippen LogP contribution >= 0.6 is 11.6 Å². The van der Waals surface area contributed by atoms with E-state index in [2.05, 4.69) is 15.2 Å². The van der Waals surface area contributed by atoms with Gasteiger partial charge in [0.1, 0.15) is 0 Å². The van der Waals surface area contributed by atoms with Gasteiger partial charge in [-0.25, -0.2) is 0 Å². The van der Waals surface area contributed by atoms with Crippen molar-refractivity contribution in [3.8, 4) is 0 Å². The molecule has 3 rings (SSSR count). The van der Waals surface area contributed by atoms with Crippen LogP contribution in [0.4, 0.5) is 0 Å². The molecule has 2 aromatic heterocycles. The Balaban J connectivity index is 2.11. The number of halogens is 1. The van der Waals surface area contributed by atoms with Crippen molar-refractivity contribution in [2.75, 3.05) is 0 Å². The van der Waals surface area contributed by atoms with E-state index in [1.807, 2.05) is 30.3 Å². The predicted octanol–water partition coefficient (Wildman–Crippen LogP) is 2.56. The first kappa shape index (κ1) is 11.9. The summed E-state index contributed by atoms with van der Waals surface area (Å²) >= 11 is 6.03. The molecule has 3 aromatic rings. The van der Waals surface area contributed by atoms with Crippen LogP contribution < -0.4 is 5.56 Å². The second kappa shape index (κ2) is 4.82. The zero-order valence-corrected chi connectivity index (χ0v) is 10.7. The van der Waals surface area contributed by atoms with Gasteiger partial charge in [-0.05, 0) is 11.6 Å². The van der Waals surface area contributed by atoms with Gasteiger partial charge in [-0.3, -0.25) is 4.79 Å². The molecule has 0 radical (unpaired) electrons. The van der Waals surface area contributed by atoms with E-state index < -0.39 is 0 Å². The van der Waals surface area contributed by atoms with Crippen molar-refractivity contribution in [1.82, 2.24) is 15.2 Å². The lowest BCUT2D eigenvalue weighted by molar-refractivity contribution is 0.955. The lowest BCUT2D eigenvalue weighted by Crippen LogP contribution is -2.05. The Labute approximate surface area is 114 Å². The predicted molar refractivity (Wildman–Crippen MR) is 74.4 cm³/mol. The SMILES string of the molecule is O=c1cc(Cc2nnc(Cl)c3ccccc23)cc[nH]1. The van der Waals surface area contributed by atoms with Crippen LogP contribution in [0.5, 0.6) is 0 Å². The van der Waals surface area contributed by atoms with E-state index in [0.717, 1.165) is 22.0 Å². The van der Waals surface area contributed by atoms with Crippen LogP contribution in [-0.4, -0.2) is 15.2 Å².